The summed E-state index contributed by atoms with van der Waals surface area (Å²) in [6.07, 6.45) is 2.70. The van der Waals surface area contributed by atoms with Crippen molar-refractivity contribution >= 4 is 39.1 Å². The van der Waals surface area contributed by atoms with Crippen LogP contribution in [0.25, 0.3) is 0 Å². The molecule has 0 bridgehead atoms. The smallest absolute Gasteiger partial charge is 0.241 e. The number of hydrogen-bond acceptors (Lipinski definition) is 5. The molecule has 3 aromatic carbocycles. The van der Waals surface area contributed by atoms with E-state index in [2.05, 4.69) is 33.6 Å². The van der Waals surface area contributed by atoms with Crippen LogP contribution >= 0.6 is 23.2 Å². The van der Waals surface area contributed by atoms with Gasteiger partial charge in [-0.2, -0.15) is 0 Å². The van der Waals surface area contributed by atoms with Gasteiger partial charge in [0, 0.05) is 26.6 Å². The Kier molecular flexibility index (Phi) is 10.4. The fourth-order valence-electron chi connectivity index (χ4n) is 4.79. The normalized spacial score (nSPS) is 15.9. The molecule has 0 aromatic heterocycles. The average Bonchev–Trinajstić information content (AvgIpc) is 2.92. The zero-order valence-electron chi connectivity index (χ0n) is 21.8. The third-order valence-corrected chi connectivity index (χ3v) is 8.97. The van der Waals surface area contributed by atoms with E-state index >= 15 is 0 Å². The van der Waals surface area contributed by atoms with Gasteiger partial charge in [-0.15, -0.1) is 0 Å². The summed E-state index contributed by atoms with van der Waals surface area (Å²) in [4.78, 5) is 13.3. The third kappa shape index (κ3) is 8.03. The first kappa shape index (κ1) is 29.5. The summed E-state index contributed by atoms with van der Waals surface area (Å²) in [7, 11) is -2.30. The van der Waals surface area contributed by atoms with Crippen molar-refractivity contribution in [3.05, 3.63) is 99.0 Å². The van der Waals surface area contributed by atoms with Crippen molar-refractivity contribution in [3.63, 3.8) is 0 Å². The van der Waals surface area contributed by atoms with Gasteiger partial charge in [0.2, 0.25) is 15.9 Å². The summed E-state index contributed by atoms with van der Waals surface area (Å²) in [5.41, 5.74) is 4.23. The van der Waals surface area contributed by atoms with Crippen molar-refractivity contribution in [2.45, 2.75) is 49.2 Å². The van der Waals surface area contributed by atoms with Crippen molar-refractivity contribution in [2.75, 3.05) is 20.3 Å². The molecular formula is C29H33Cl2N3O4S. The van der Waals surface area contributed by atoms with Gasteiger partial charge >= 0.3 is 0 Å². The van der Waals surface area contributed by atoms with Gasteiger partial charge in [-0.25, -0.2) is 13.1 Å². The summed E-state index contributed by atoms with van der Waals surface area (Å²) in [6.45, 7) is 2.20. The number of hydrogen-bond donors (Lipinski definition) is 3. The molecule has 0 heterocycles. The van der Waals surface area contributed by atoms with Gasteiger partial charge in [-0.1, -0.05) is 71.7 Å². The fourth-order valence-corrected chi connectivity index (χ4v) is 6.40. The first-order chi connectivity index (χ1) is 18.8. The molecule has 0 aliphatic heterocycles. The van der Waals surface area contributed by atoms with Crippen LogP contribution in [0.15, 0.2) is 71.6 Å². The highest BCUT2D eigenvalue weighted by atomic mass is 35.5. The van der Waals surface area contributed by atoms with Gasteiger partial charge < -0.3 is 15.4 Å². The number of fused-ring (bicyclic) bond motifs is 1. The number of rotatable bonds is 12. The monoisotopic (exact) mass is 589 g/mol. The standard InChI is InChI=1S/C29H33Cl2N3O4S/c1-38-15-14-32-19-20-10-12-24-22(16-20)8-5-9-27(24)33-29(35)18-28(21-6-3-2-4-7-21)34-39(36,37)23-11-13-25(30)26(31)17-23/h2-4,6-7,10-13,16-17,27-28,32,34H,5,8-9,14-15,18-19H2,1H3,(H,33,35). The lowest BCUT2D eigenvalue weighted by Crippen LogP contribution is -2.36. The van der Waals surface area contributed by atoms with E-state index < -0.39 is 16.1 Å². The van der Waals surface area contributed by atoms with Crippen LogP contribution in [-0.4, -0.2) is 34.6 Å². The Bertz CT molecular complexity index is 1390. The maximum atomic E-state index is 13.3. The van der Waals surface area contributed by atoms with Crippen LogP contribution in [0.5, 0.6) is 0 Å². The second-order valence-corrected chi connectivity index (χ2v) is 12.1. The van der Waals surface area contributed by atoms with Crippen molar-refractivity contribution in [3.8, 4) is 0 Å². The predicted octanol–water partition coefficient (Wildman–Crippen LogP) is 5.33. The Morgan fingerprint density at radius 1 is 1.05 bits per heavy atom. The summed E-state index contributed by atoms with van der Waals surface area (Å²) < 4.78 is 34.2. The summed E-state index contributed by atoms with van der Waals surface area (Å²) >= 11 is 12.0. The fraction of sp³-hybridized carbons (Fsp3) is 0.345. The number of benzene rings is 3. The Balaban J connectivity index is 1.47. The number of methoxy groups -OCH3 is 1. The molecule has 1 aliphatic carbocycles. The minimum Gasteiger partial charge on any atom is -0.383 e. The molecule has 0 radical (unpaired) electrons. The Morgan fingerprint density at radius 2 is 1.85 bits per heavy atom. The Hall–Kier alpha value is -2.46. The van der Waals surface area contributed by atoms with E-state index in [9.17, 15) is 13.2 Å². The lowest BCUT2D eigenvalue weighted by atomic mass is 9.86. The minimum absolute atomic E-state index is 0.0213. The van der Waals surface area contributed by atoms with Gasteiger partial charge in [0.1, 0.15) is 0 Å². The third-order valence-electron chi connectivity index (χ3n) is 6.76. The zero-order valence-corrected chi connectivity index (χ0v) is 24.1. The van der Waals surface area contributed by atoms with Crippen LogP contribution in [0.3, 0.4) is 0 Å². The summed E-state index contributed by atoms with van der Waals surface area (Å²) in [5, 5.41) is 6.91. The molecule has 39 heavy (non-hydrogen) atoms. The minimum atomic E-state index is -3.98. The van der Waals surface area contributed by atoms with E-state index in [0.717, 1.165) is 37.9 Å². The maximum Gasteiger partial charge on any atom is 0.241 e. The predicted molar refractivity (Wildman–Crippen MR) is 154 cm³/mol. The molecule has 0 fully saturated rings. The SMILES string of the molecule is COCCNCc1ccc2c(c1)CCCC2NC(=O)CC(NS(=O)(=O)c1ccc(Cl)c(Cl)c1)c1ccccc1. The average molecular weight is 591 g/mol. The van der Waals surface area contributed by atoms with Gasteiger partial charge in [0.15, 0.2) is 0 Å². The van der Waals surface area contributed by atoms with Crippen molar-refractivity contribution in [2.24, 2.45) is 0 Å². The number of ether oxygens (including phenoxy) is 1. The lowest BCUT2D eigenvalue weighted by Gasteiger charge is -2.28. The van der Waals surface area contributed by atoms with E-state index in [4.69, 9.17) is 27.9 Å². The summed E-state index contributed by atoms with van der Waals surface area (Å²) in [6, 6.07) is 18.7. The van der Waals surface area contributed by atoms with E-state index in [1.165, 1.54) is 29.3 Å². The largest absolute Gasteiger partial charge is 0.383 e. The van der Waals surface area contributed by atoms with Crippen LogP contribution in [0.4, 0.5) is 0 Å². The van der Waals surface area contributed by atoms with Gasteiger partial charge in [-0.05, 0) is 59.7 Å². The number of nitrogens with one attached hydrogen (secondary N) is 3. The molecule has 0 saturated heterocycles. The van der Waals surface area contributed by atoms with Gasteiger partial charge in [0.05, 0.1) is 33.6 Å². The number of aryl methyl sites for hydroxylation is 1. The highest BCUT2D eigenvalue weighted by molar-refractivity contribution is 7.89. The van der Waals surface area contributed by atoms with E-state index in [-0.39, 0.29) is 33.3 Å². The van der Waals surface area contributed by atoms with E-state index in [1.807, 2.05) is 18.2 Å². The molecule has 10 heteroatoms. The van der Waals surface area contributed by atoms with Gasteiger partial charge in [-0.3, -0.25) is 4.79 Å². The molecule has 2 unspecified atom stereocenters. The number of carbonyl (C=O) groups excluding carboxylic acids is 1. The Labute approximate surface area is 240 Å². The van der Waals surface area contributed by atoms with Gasteiger partial charge in [0.25, 0.3) is 0 Å². The van der Waals surface area contributed by atoms with E-state index in [0.29, 0.717) is 12.2 Å². The highest BCUT2D eigenvalue weighted by Gasteiger charge is 2.27. The molecule has 0 saturated carbocycles. The van der Waals surface area contributed by atoms with Crippen LogP contribution in [0.2, 0.25) is 10.0 Å². The number of amides is 1. The van der Waals surface area contributed by atoms with Crippen LogP contribution in [0.1, 0.15) is 53.6 Å². The molecule has 0 spiro atoms. The number of carbonyl (C=O) groups is 1. The molecule has 208 valence electrons. The molecular weight excluding hydrogens is 557 g/mol. The highest BCUT2D eigenvalue weighted by Crippen LogP contribution is 2.31. The number of halogens is 2. The topological polar surface area (TPSA) is 96.5 Å². The zero-order chi connectivity index (χ0) is 27.8. The maximum absolute atomic E-state index is 13.3. The molecule has 3 aromatic rings. The first-order valence-corrected chi connectivity index (χ1v) is 15.1. The second kappa shape index (κ2) is 13.7. The van der Waals surface area contributed by atoms with Crippen LogP contribution < -0.4 is 15.4 Å². The first-order valence-electron chi connectivity index (χ1n) is 12.9. The van der Waals surface area contributed by atoms with Crippen molar-refractivity contribution < 1.29 is 17.9 Å². The quantitative estimate of drug-likeness (QED) is 0.248. The number of sulfonamides is 1. The van der Waals surface area contributed by atoms with Crippen molar-refractivity contribution in [1.82, 2.24) is 15.4 Å². The molecule has 7 nitrogen and oxygen atoms in total. The Morgan fingerprint density at radius 3 is 2.59 bits per heavy atom. The van der Waals surface area contributed by atoms with Crippen LogP contribution in [0, 0.1) is 0 Å². The lowest BCUT2D eigenvalue weighted by molar-refractivity contribution is -0.122. The van der Waals surface area contributed by atoms with E-state index in [1.54, 1.807) is 19.2 Å². The van der Waals surface area contributed by atoms with Crippen LogP contribution in [-0.2, 0) is 32.5 Å². The molecule has 2 atom stereocenters. The molecule has 3 N–H and O–H groups in total. The molecule has 1 aliphatic rings. The summed E-state index contributed by atoms with van der Waals surface area (Å²) in [5.74, 6) is -0.233. The second-order valence-electron chi connectivity index (χ2n) is 9.58. The van der Waals surface area contributed by atoms with Crippen molar-refractivity contribution in [1.29, 1.82) is 0 Å². The molecule has 4 rings (SSSR count). The molecule has 1 amide bonds.